The van der Waals surface area contributed by atoms with Gasteiger partial charge in [-0.25, -0.2) is 0 Å². The number of ketones is 1. The number of benzene rings is 1. The van der Waals surface area contributed by atoms with Crippen molar-refractivity contribution in [3.63, 3.8) is 0 Å². The molecular weight excluding hydrogens is 342 g/mol. The molecule has 0 spiro atoms. The molecule has 0 bridgehead atoms. The van der Waals surface area contributed by atoms with Gasteiger partial charge in [-0.1, -0.05) is 36.2 Å². The van der Waals surface area contributed by atoms with Gasteiger partial charge in [-0.15, -0.1) is 0 Å². The predicted octanol–water partition coefficient (Wildman–Crippen LogP) is 1.22. The minimum Gasteiger partial charge on any atom is -0.385 e. The molecule has 1 fully saturated rings. The maximum atomic E-state index is 12.8. The number of Topliss-reactive ketones (excluding diaryl/α,β-unsaturated/α-hetero) is 1. The average Bonchev–Trinajstić information content (AvgIpc) is 2.59. The molecule has 0 saturated heterocycles. The van der Waals surface area contributed by atoms with Crippen LogP contribution >= 0.6 is 11.6 Å². The molecule has 1 aliphatic rings. The smallest absolute Gasteiger partial charge is 0.237 e. The zero-order chi connectivity index (χ0) is 18.4. The number of unbranched alkanes of at least 4 members (excludes halogenated alkanes) is 1. The van der Waals surface area contributed by atoms with Gasteiger partial charge in [-0.3, -0.25) is 9.59 Å². The van der Waals surface area contributed by atoms with Gasteiger partial charge in [0.05, 0.1) is 6.04 Å². The van der Waals surface area contributed by atoms with Gasteiger partial charge < -0.3 is 21.9 Å². The van der Waals surface area contributed by atoms with Gasteiger partial charge in [0.1, 0.15) is 11.6 Å². The van der Waals surface area contributed by atoms with Gasteiger partial charge in [0.15, 0.2) is 5.78 Å². The molecule has 6 N–H and O–H groups in total. The van der Waals surface area contributed by atoms with Crippen LogP contribution in [0.25, 0.3) is 0 Å². The monoisotopic (exact) mass is 367 g/mol. The first-order valence-electron chi connectivity index (χ1n) is 8.67. The fraction of sp³-hybridized carbons (Fsp3) is 0.556. The Kier molecular flexibility index (Phi) is 6.95. The second-order valence-electron chi connectivity index (χ2n) is 6.54. The number of rotatable bonds is 7. The van der Waals surface area contributed by atoms with E-state index in [1.807, 2.05) is 0 Å². The number of hydrogen-bond acceptors (Lipinski definition) is 5. The predicted molar refractivity (Wildman–Crippen MR) is 97.0 cm³/mol. The fourth-order valence-electron chi connectivity index (χ4n) is 3.31. The molecule has 1 aromatic rings. The summed E-state index contributed by atoms with van der Waals surface area (Å²) < 4.78 is 0. The number of amides is 1. The molecule has 0 aliphatic heterocycles. The van der Waals surface area contributed by atoms with E-state index in [0.717, 1.165) is 12.8 Å². The van der Waals surface area contributed by atoms with Crippen LogP contribution in [-0.4, -0.2) is 35.5 Å². The molecule has 1 aliphatic carbocycles. The highest BCUT2D eigenvalue weighted by Crippen LogP contribution is 2.38. The average molecular weight is 368 g/mol. The summed E-state index contributed by atoms with van der Waals surface area (Å²) in [7, 11) is 0. The van der Waals surface area contributed by atoms with Gasteiger partial charge in [0.2, 0.25) is 5.91 Å². The molecule has 6 nitrogen and oxygen atoms in total. The van der Waals surface area contributed by atoms with Crippen molar-refractivity contribution in [2.45, 2.75) is 56.2 Å². The first-order valence-corrected chi connectivity index (χ1v) is 9.05. The normalized spacial score (nSPS) is 24.8. The number of aliphatic hydroxyl groups excluding tert-OH is 1. The van der Waals surface area contributed by atoms with Gasteiger partial charge in [0, 0.05) is 10.6 Å². The summed E-state index contributed by atoms with van der Waals surface area (Å²) in [4.78, 5) is 25.4. The number of halogens is 1. The first kappa shape index (κ1) is 19.8. The Balaban J connectivity index is 2.29. The highest BCUT2D eigenvalue weighted by Gasteiger charge is 2.48. The van der Waals surface area contributed by atoms with E-state index in [0.29, 0.717) is 42.8 Å². The zero-order valence-electron chi connectivity index (χ0n) is 14.2. The number of nitrogens with two attached hydrogens (primary N) is 2. The molecule has 1 saturated carbocycles. The summed E-state index contributed by atoms with van der Waals surface area (Å²) in [5.41, 5.74) is 10.6. The molecule has 1 amide bonds. The molecule has 7 heteroatoms. The van der Waals surface area contributed by atoms with Crippen molar-refractivity contribution in [1.82, 2.24) is 5.32 Å². The van der Waals surface area contributed by atoms with Crippen LogP contribution in [0.3, 0.4) is 0 Å². The standard InChI is InChI=1S/C18H26ClN3O3/c19-13-7-2-1-6-12(13)18(10-5-9-15(23)16(18)24)22-17(25)14(21)8-3-4-11-20/h1-2,6-7,14-15,23H,3-5,8-11,20-21H2,(H,22,25)/t14-,15-,18-/m0/s1. The fourth-order valence-corrected chi connectivity index (χ4v) is 3.61. The molecule has 1 aromatic carbocycles. The van der Waals surface area contributed by atoms with Gasteiger partial charge in [-0.05, 0) is 44.7 Å². The van der Waals surface area contributed by atoms with Crippen LogP contribution in [0, 0.1) is 0 Å². The lowest BCUT2D eigenvalue weighted by atomic mass is 9.74. The highest BCUT2D eigenvalue weighted by molar-refractivity contribution is 6.31. The van der Waals surface area contributed by atoms with Crippen molar-refractivity contribution < 1.29 is 14.7 Å². The molecule has 0 aromatic heterocycles. The summed E-state index contributed by atoms with van der Waals surface area (Å²) in [5, 5.41) is 13.3. The van der Waals surface area contributed by atoms with Crippen LogP contribution in [0.15, 0.2) is 24.3 Å². The van der Waals surface area contributed by atoms with Crippen LogP contribution in [-0.2, 0) is 15.1 Å². The third-order valence-corrected chi connectivity index (χ3v) is 5.06. The number of nitrogens with one attached hydrogen (secondary N) is 1. The van der Waals surface area contributed by atoms with Crippen molar-refractivity contribution in [2.75, 3.05) is 6.54 Å². The maximum Gasteiger partial charge on any atom is 0.237 e. The first-order chi connectivity index (χ1) is 11.9. The zero-order valence-corrected chi connectivity index (χ0v) is 15.0. The van der Waals surface area contributed by atoms with E-state index in [-0.39, 0.29) is 0 Å². The number of hydrogen-bond donors (Lipinski definition) is 4. The van der Waals surface area contributed by atoms with E-state index >= 15 is 0 Å². The van der Waals surface area contributed by atoms with Crippen LogP contribution in [0.4, 0.5) is 0 Å². The van der Waals surface area contributed by atoms with Gasteiger partial charge in [0.25, 0.3) is 0 Å². The van der Waals surface area contributed by atoms with Crippen molar-refractivity contribution in [3.05, 3.63) is 34.9 Å². The van der Waals surface area contributed by atoms with Crippen LogP contribution in [0.5, 0.6) is 0 Å². The van der Waals surface area contributed by atoms with E-state index in [2.05, 4.69) is 5.32 Å². The molecule has 0 heterocycles. The van der Waals surface area contributed by atoms with Crippen LogP contribution < -0.4 is 16.8 Å². The Morgan fingerprint density at radius 1 is 1.40 bits per heavy atom. The van der Waals surface area contributed by atoms with Gasteiger partial charge in [-0.2, -0.15) is 0 Å². The SMILES string of the molecule is NCCCC[C@H](N)C(=O)N[C@]1(c2ccccc2Cl)CCC[C@H](O)C1=O. The Hall–Kier alpha value is -1.47. The van der Waals surface area contributed by atoms with Crippen LogP contribution in [0.1, 0.15) is 44.1 Å². The van der Waals surface area contributed by atoms with Crippen molar-refractivity contribution in [2.24, 2.45) is 11.5 Å². The molecule has 25 heavy (non-hydrogen) atoms. The Morgan fingerprint density at radius 2 is 2.12 bits per heavy atom. The van der Waals surface area contributed by atoms with Crippen molar-refractivity contribution in [3.8, 4) is 0 Å². The molecular formula is C18H26ClN3O3. The maximum absolute atomic E-state index is 12.8. The van der Waals surface area contributed by atoms with E-state index < -0.39 is 29.4 Å². The van der Waals surface area contributed by atoms with E-state index in [1.54, 1.807) is 24.3 Å². The number of carbonyl (C=O) groups excluding carboxylic acids is 2. The Morgan fingerprint density at radius 3 is 2.80 bits per heavy atom. The molecule has 3 atom stereocenters. The summed E-state index contributed by atoms with van der Waals surface area (Å²) in [6, 6.07) is 6.14. The Bertz CT molecular complexity index is 625. The third kappa shape index (κ3) is 4.39. The van der Waals surface area contributed by atoms with E-state index in [4.69, 9.17) is 23.1 Å². The van der Waals surface area contributed by atoms with Crippen LogP contribution in [0.2, 0.25) is 5.02 Å². The summed E-state index contributed by atoms with van der Waals surface area (Å²) in [6.45, 7) is 0.544. The van der Waals surface area contributed by atoms with E-state index in [9.17, 15) is 14.7 Å². The molecule has 0 radical (unpaired) electrons. The van der Waals surface area contributed by atoms with Crippen molar-refractivity contribution >= 4 is 23.3 Å². The summed E-state index contributed by atoms with van der Waals surface area (Å²) >= 11 is 6.30. The second-order valence-corrected chi connectivity index (χ2v) is 6.94. The Labute approximate surface area is 152 Å². The van der Waals surface area contributed by atoms with Gasteiger partial charge >= 0.3 is 0 Å². The third-order valence-electron chi connectivity index (χ3n) is 4.73. The second kappa shape index (κ2) is 8.76. The minimum atomic E-state index is -1.33. The molecule has 2 rings (SSSR count). The summed E-state index contributed by atoms with van der Waals surface area (Å²) in [6.07, 6.45) is 2.24. The summed E-state index contributed by atoms with van der Waals surface area (Å²) in [5.74, 6) is -0.853. The van der Waals surface area contributed by atoms with E-state index in [1.165, 1.54) is 0 Å². The number of carbonyl (C=O) groups is 2. The highest BCUT2D eigenvalue weighted by atomic mass is 35.5. The number of aliphatic hydroxyl groups is 1. The lowest BCUT2D eigenvalue weighted by molar-refractivity contribution is -0.142. The molecule has 0 unspecified atom stereocenters. The largest absolute Gasteiger partial charge is 0.385 e. The topological polar surface area (TPSA) is 118 Å². The quantitative estimate of drug-likeness (QED) is 0.540. The molecule has 138 valence electrons. The lowest BCUT2D eigenvalue weighted by Gasteiger charge is -2.40. The minimum absolute atomic E-state index is 0.377. The van der Waals surface area contributed by atoms with Crippen molar-refractivity contribution in [1.29, 1.82) is 0 Å². The lowest BCUT2D eigenvalue weighted by Crippen LogP contribution is -2.60.